The average Bonchev–Trinajstić information content (AvgIpc) is 2.71. The first-order valence-corrected chi connectivity index (χ1v) is 7.04. The zero-order valence-electron chi connectivity index (χ0n) is 11.8. The van der Waals surface area contributed by atoms with Gasteiger partial charge in [-0.2, -0.15) is 0 Å². The van der Waals surface area contributed by atoms with Crippen LogP contribution in [0.15, 0.2) is 30.3 Å². The van der Waals surface area contributed by atoms with Gasteiger partial charge < -0.3 is 10.2 Å². The Balaban J connectivity index is 1.95. The minimum absolute atomic E-state index is 0.119. The Hall–Kier alpha value is -1.88. The van der Waals surface area contributed by atoms with Gasteiger partial charge in [0.25, 0.3) is 5.91 Å². The highest BCUT2D eigenvalue weighted by atomic mass is 16.2. The number of quaternary nitrogens is 1. The maximum Gasteiger partial charge on any atom is 0.322 e. The van der Waals surface area contributed by atoms with Crippen LogP contribution in [0.3, 0.4) is 0 Å². The number of benzene rings is 1. The lowest BCUT2D eigenvalue weighted by Crippen LogP contribution is -3.12. The quantitative estimate of drug-likeness (QED) is 0.624. The molecule has 0 saturated carbocycles. The van der Waals surface area contributed by atoms with Gasteiger partial charge in [0.05, 0.1) is 13.6 Å². The molecular formula is C15H20N3O2+. The van der Waals surface area contributed by atoms with Crippen LogP contribution >= 0.6 is 0 Å². The van der Waals surface area contributed by atoms with Crippen LogP contribution in [-0.2, 0) is 4.79 Å². The van der Waals surface area contributed by atoms with Crippen molar-refractivity contribution in [2.75, 3.05) is 13.6 Å². The second kappa shape index (κ2) is 4.59. The molecule has 20 heavy (non-hydrogen) atoms. The third-order valence-electron chi connectivity index (χ3n) is 4.76. The number of hydrogen-bond acceptors (Lipinski definition) is 2. The Morgan fingerprint density at radius 2 is 1.95 bits per heavy atom. The number of imide groups is 1. The first-order valence-electron chi connectivity index (χ1n) is 7.04. The van der Waals surface area contributed by atoms with Gasteiger partial charge >= 0.3 is 6.03 Å². The Morgan fingerprint density at radius 3 is 2.55 bits per heavy atom. The van der Waals surface area contributed by atoms with Crippen LogP contribution in [0.5, 0.6) is 0 Å². The van der Waals surface area contributed by atoms with Crippen molar-refractivity contribution in [2.24, 2.45) is 5.92 Å². The Kier molecular flexibility index (Phi) is 3.01. The van der Waals surface area contributed by atoms with Gasteiger partial charge in [0.1, 0.15) is 11.6 Å². The normalized spacial score (nSPS) is 36.8. The van der Waals surface area contributed by atoms with E-state index in [-0.39, 0.29) is 23.9 Å². The van der Waals surface area contributed by atoms with Gasteiger partial charge in [0.2, 0.25) is 0 Å². The number of carbonyl (C=O) groups is 2. The third kappa shape index (κ3) is 1.89. The molecule has 0 aromatic heterocycles. The number of amides is 3. The maximum atomic E-state index is 12.3. The summed E-state index contributed by atoms with van der Waals surface area (Å²) in [6.45, 7) is 2.89. The van der Waals surface area contributed by atoms with Crippen molar-refractivity contribution in [3.8, 4) is 0 Å². The fourth-order valence-corrected chi connectivity index (χ4v) is 3.58. The summed E-state index contributed by atoms with van der Waals surface area (Å²) in [5.74, 6) is -0.0580. The molecule has 1 aromatic carbocycles. The van der Waals surface area contributed by atoms with E-state index in [2.05, 4.69) is 29.8 Å². The van der Waals surface area contributed by atoms with Gasteiger partial charge in [0, 0.05) is 17.9 Å². The van der Waals surface area contributed by atoms with E-state index >= 15 is 0 Å². The molecule has 5 nitrogen and oxygen atoms in total. The monoisotopic (exact) mass is 274 g/mol. The summed E-state index contributed by atoms with van der Waals surface area (Å²) in [6.07, 6.45) is 0.640. The summed E-state index contributed by atoms with van der Waals surface area (Å²) in [7, 11) is 2.15. The molecule has 3 rings (SSSR count). The van der Waals surface area contributed by atoms with Gasteiger partial charge in [0.15, 0.2) is 0 Å². The van der Waals surface area contributed by atoms with Crippen LogP contribution in [-0.4, -0.2) is 31.1 Å². The SMILES string of the molecule is C[C@@H]1C[NH+](C)[C@H](c2ccccc2)C[C@]12NC(=O)NC2=O. The van der Waals surface area contributed by atoms with Crippen LogP contribution < -0.4 is 15.5 Å². The summed E-state index contributed by atoms with van der Waals surface area (Å²) in [6, 6.07) is 10.1. The molecule has 106 valence electrons. The summed E-state index contributed by atoms with van der Waals surface area (Å²) in [4.78, 5) is 25.2. The highest BCUT2D eigenvalue weighted by Gasteiger charge is 2.56. The van der Waals surface area contributed by atoms with Crippen LogP contribution in [0.4, 0.5) is 4.79 Å². The molecule has 1 unspecified atom stereocenters. The molecular weight excluding hydrogens is 254 g/mol. The molecule has 4 atom stereocenters. The molecule has 2 heterocycles. The molecule has 0 aliphatic carbocycles. The van der Waals surface area contributed by atoms with Gasteiger partial charge in [-0.05, 0) is 0 Å². The van der Waals surface area contributed by atoms with Gasteiger partial charge in [-0.1, -0.05) is 37.3 Å². The average molecular weight is 274 g/mol. The summed E-state index contributed by atoms with van der Waals surface area (Å²) >= 11 is 0. The lowest BCUT2D eigenvalue weighted by Gasteiger charge is -2.43. The zero-order valence-corrected chi connectivity index (χ0v) is 11.8. The lowest BCUT2D eigenvalue weighted by molar-refractivity contribution is -0.922. The second-order valence-electron chi connectivity index (χ2n) is 6.00. The first kappa shape index (κ1) is 13.1. The van der Waals surface area contributed by atoms with Crippen molar-refractivity contribution in [3.05, 3.63) is 35.9 Å². The molecule has 2 aliphatic rings. The van der Waals surface area contributed by atoms with E-state index in [1.165, 1.54) is 10.5 Å². The molecule has 0 radical (unpaired) electrons. The van der Waals surface area contributed by atoms with E-state index in [4.69, 9.17) is 0 Å². The molecule has 2 aliphatic heterocycles. The van der Waals surface area contributed by atoms with Gasteiger partial charge in [-0.3, -0.25) is 10.1 Å². The Labute approximate surface area is 118 Å². The van der Waals surface area contributed by atoms with E-state index in [0.717, 1.165) is 6.54 Å². The van der Waals surface area contributed by atoms with E-state index in [9.17, 15) is 9.59 Å². The predicted molar refractivity (Wildman–Crippen MR) is 74.1 cm³/mol. The second-order valence-corrected chi connectivity index (χ2v) is 6.00. The maximum absolute atomic E-state index is 12.3. The number of piperidine rings is 1. The minimum atomic E-state index is -0.753. The van der Waals surface area contributed by atoms with Crippen molar-refractivity contribution in [2.45, 2.75) is 24.9 Å². The molecule has 2 fully saturated rings. The standard InChI is InChI=1S/C15H19N3O2/c1-10-9-18(2)12(11-6-4-3-5-7-11)8-15(10)13(19)16-14(20)17-15/h3-7,10,12H,8-9H2,1-2H3,(H2,16,17,19,20)/p+1/t10-,12+,15+/m1/s1. The fourth-order valence-electron chi connectivity index (χ4n) is 3.58. The van der Waals surface area contributed by atoms with Crippen molar-refractivity contribution in [1.29, 1.82) is 0 Å². The Morgan fingerprint density at radius 1 is 1.25 bits per heavy atom. The number of urea groups is 1. The smallest absolute Gasteiger partial charge is 0.322 e. The van der Waals surface area contributed by atoms with Crippen LogP contribution in [0.25, 0.3) is 0 Å². The van der Waals surface area contributed by atoms with Crippen molar-refractivity contribution >= 4 is 11.9 Å². The number of likely N-dealkylation sites (tertiary alicyclic amines) is 1. The highest BCUT2D eigenvalue weighted by Crippen LogP contribution is 2.33. The van der Waals surface area contributed by atoms with Crippen molar-refractivity contribution < 1.29 is 14.5 Å². The Bertz CT molecular complexity index is 545. The number of hydrogen-bond donors (Lipinski definition) is 3. The molecule has 0 bridgehead atoms. The van der Waals surface area contributed by atoms with Crippen LogP contribution in [0.1, 0.15) is 24.9 Å². The zero-order chi connectivity index (χ0) is 14.3. The van der Waals surface area contributed by atoms with E-state index in [0.29, 0.717) is 6.42 Å². The predicted octanol–water partition coefficient (Wildman–Crippen LogP) is -0.140. The summed E-state index contributed by atoms with van der Waals surface area (Å²) in [5.41, 5.74) is 0.460. The number of nitrogens with one attached hydrogen (secondary N) is 3. The summed E-state index contributed by atoms with van der Waals surface area (Å²) < 4.78 is 0. The van der Waals surface area contributed by atoms with E-state index in [1.807, 2.05) is 25.1 Å². The largest absolute Gasteiger partial charge is 0.331 e. The summed E-state index contributed by atoms with van der Waals surface area (Å²) in [5, 5.41) is 5.27. The van der Waals surface area contributed by atoms with Crippen LogP contribution in [0.2, 0.25) is 0 Å². The molecule has 1 aromatic rings. The lowest BCUT2D eigenvalue weighted by atomic mass is 9.74. The minimum Gasteiger partial charge on any atom is -0.331 e. The third-order valence-corrected chi connectivity index (χ3v) is 4.76. The highest BCUT2D eigenvalue weighted by molar-refractivity contribution is 6.07. The molecule has 3 N–H and O–H groups in total. The van der Waals surface area contributed by atoms with Gasteiger partial charge in [-0.25, -0.2) is 4.79 Å². The molecule has 5 heteroatoms. The fraction of sp³-hybridized carbons (Fsp3) is 0.467. The van der Waals surface area contributed by atoms with Crippen LogP contribution in [0, 0.1) is 5.92 Å². The van der Waals surface area contributed by atoms with Gasteiger partial charge in [-0.15, -0.1) is 0 Å². The van der Waals surface area contributed by atoms with E-state index in [1.54, 1.807) is 0 Å². The topological polar surface area (TPSA) is 62.6 Å². The van der Waals surface area contributed by atoms with Crippen molar-refractivity contribution in [3.63, 3.8) is 0 Å². The van der Waals surface area contributed by atoms with E-state index < -0.39 is 5.54 Å². The first-order chi connectivity index (χ1) is 9.53. The molecule has 1 spiro atoms. The molecule has 3 amide bonds. The van der Waals surface area contributed by atoms with Crippen molar-refractivity contribution in [1.82, 2.24) is 10.6 Å². The number of carbonyl (C=O) groups excluding carboxylic acids is 2. The number of rotatable bonds is 1. The molecule has 2 saturated heterocycles.